The van der Waals surface area contributed by atoms with E-state index in [-0.39, 0.29) is 11.3 Å². The van der Waals surface area contributed by atoms with E-state index in [1.807, 2.05) is 6.07 Å². The van der Waals surface area contributed by atoms with Crippen molar-refractivity contribution in [3.8, 4) is 11.8 Å². The van der Waals surface area contributed by atoms with Gasteiger partial charge < -0.3 is 15.2 Å². The summed E-state index contributed by atoms with van der Waals surface area (Å²) in [6, 6.07) is 13.4. The fraction of sp³-hybridized carbons (Fsp3) is 0.167. The van der Waals surface area contributed by atoms with Gasteiger partial charge in [-0.15, -0.1) is 0 Å². The van der Waals surface area contributed by atoms with Crippen LogP contribution in [0.3, 0.4) is 0 Å². The van der Waals surface area contributed by atoms with Gasteiger partial charge in [0, 0.05) is 5.69 Å². The summed E-state index contributed by atoms with van der Waals surface area (Å²) in [4.78, 5) is 23.7. The maximum absolute atomic E-state index is 11.9. The van der Waals surface area contributed by atoms with Gasteiger partial charge in [0.2, 0.25) is 0 Å². The lowest BCUT2D eigenvalue weighted by atomic mass is 10.1. The highest BCUT2D eigenvalue weighted by molar-refractivity contribution is 5.96. The molecule has 0 spiro atoms. The van der Waals surface area contributed by atoms with E-state index in [1.54, 1.807) is 37.3 Å². The number of carbonyl (C=O) groups is 2. The first-order chi connectivity index (χ1) is 11.5. The third-order valence-corrected chi connectivity index (χ3v) is 3.23. The monoisotopic (exact) mass is 324 g/mol. The van der Waals surface area contributed by atoms with Gasteiger partial charge in [0.05, 0.1) is 12.5 Å². The van der Waals surface area contributed by atoms with Gasteiger partial charge in [-0.1, -0.05) is 23.8 Å². The first kappa shape index (κ1) is 17.0. The molecule has 0 saturated heterocycles. The molecule has 122 valence electrons. The Hall–Kier alpha value is -3.33. The second-order valence-electron chi connectivity index (χ2n) is 5.18. The molecule has 0 aromatic heterocycles. The van der Waals surface area contributed by atoms with Crippen molar-refractivity contribution >= 4 is 17.6 Å². The molecule has 0 radical (unpaired) electrons. The number of aromatic hydroxyl groups is 1. The highest BCUT2D eigenvalue weighted by atomic mass is 16.5. The zero-order valence-electron chi connectivity index (χ0n) is 13.1. The van der Waals surface area contributed by atoms with Gasteiger partial charge in [-0.05, 0) is 36.8 Å². The van der Waals surface area contributed by atoms with Crippen LogP contribution in [0.15, 0.2) is 42.5 Å². The van der Waals surface area contributed by atoms with Gasteiger partial charge in [-0.25, -0.2) is 4.79 Å². The molecule has 0 heterocycles. The van der Waals surface area contributed by atoms with E-state index in [9.17, 15) is 14.7 Å². The van der Waals surface area contributed by atoms with Gasteiger partial charge in [0.1, 0.15) is 11.3 Å². The number of ether oxygens (including phenoxy) is 1. The molecule has 2 aromatic rings. The third-order valence-electron chi connectivity index (χ3n) is 3.23. The summed E-state index contributed by atoms with van der Waals surface area (Å²) in [5.74, 6) is -1.46. The molecule has 1 amide bonds. The summed E-state index contributed by atoms with van der Waals surface area (Å²) >= 11 is 0. The van der Waals surface area contributed by atoms with Crippen LogP contribution in [0.5, 0.6) is 5.75 Å². The molecule has 6 heteroatoms. The molecule has 6 nitrogen and oxygen atoms in total. The van der Waals surface area contributed by atoms with E-state index in [4.69, 9.17) is 10.00 Å². The van der Waals surface area contributed by atoms with Crippen LogP contribution in [0.25, 0.3) is 0 Å². The maximum Gasteiger partial charge on any atom is 0.342 e. The Morgan fingerprint density at radius 2 is 1.92 bits per heavy atom. The number of phenols is 1. The van der Waals surface area contributed by atoms with Gasteiger partial charge in [-0.2, -0.15) is 5.26 Å². The van der Waals surface area contributed by atoms with E-state index >= 15 is 0 Å². The van der Waals surface area contributed by atoms with E-state index in [1.165, 1.54) is 12.1 Å². The molecule has 0 aliphatic carbocycles. The van der Waals surface area contributed by atoms with Crippen molar-refractivity contribution in [2.24, 2.45) is 0 Å². The van der Waals surface area contributed by atoms with Gasteiger partial charge >= 0.3 is 5.97 Å². The molecule has 2 aromatic carbocycles. The van der Waals surface area contributed by atoms with Crippen LogP contribution in [0.2, 0.25) is 0 Å². The number of aryl methyl sites for hydroxylation is 1. The van der Waals surface area contributed by atoms with Crippen molar-refractivity contribution in [1.82, 2.24) is 0 Å². The number of rotatable bonds is 5. The SMILES string of the molecule is Cc1ccc(O)c(C(=O)OCC(=O)Nc2ccc(CC#N)cc2)c1. The number of nitrogens with one attached hydrogen (secondary N) is 1. The Labute approximate surface area is 139 Å². The summed E-state index contributed by atoms with van der Waals surface area (Å²) < 4.78 is 4.91. The Morgan fingerprint density at radius 3 is 2.58 bits per heavy atom. The predicted octanol–water partition coefficient (Wildman–Crippen LogP) is 2.56. The molecule has 0 unspecified atom stereocenters. The van der Waals surface area contributed by atoms with Gasteiger partial charge in [0.25, 0.3) is 5.91 Å². The smallest absolute Gasteiger partial charge is 0.342 e. The van der Waals surface area contributed by atoms with Crippen LogP contribution in [-0.2, 0) is 16.0 Å². The fourth-order valence-electron chi connectivity index (χ4n) is 2.02. The van der Waals surface area contributed by atoms with Crippen molar-refractivity contribution in [3.05, 3.63) is 59.2 Å². The Balaban J connectivity index is 1.89. The molecule has 0 bridgehead atoms. The summed E-state index contributed by atoms with van der Waals surface area (Å²) in [5, 5.41) is 20.8. The minimum absolute atomic E-state index is 0.0173. The molecule has 24 heavy (non-hydrogen) atoms. The van der Waals surface area contributed by atoms with Crippen molar-refractivity contribution < 1.29 is 19.4 Å². The number of benzene rings is 2. The molecule has 2 N–H and O–H groups in total. The van der Waals surface area contributed by atoms with Crippen molar-refractivity contribution in [2.75, 3.05) is 11.9 Å². The van der Waals surface area contributed by atoms with Gasteiger partial charge in [-0.3, -0.25) is 4.79 Å². The zero-order chi connectivity index (χ0) is 17.5. The average Bonchev–Trinajstić information content (AvgIpc) is 2.57. The Bertz CT molecular complexity index is 792. The number of esters is 1. The number of carbonyl (C=O) groups excluding carboxylic acids is 2. The van der Waals surface area contributed by atoms with E-state index in [0.29, 0.717) is 12.1 Å². The highest BCUT2D eigenvalue weighted by Gasteiger charge is 2.14. The fourth-order valence-corrected chi connectivity index (χ4v) is 2.02. The molecule has 0 saturated carbocycles. The first-order valence-electron chi connectivity index (χ1n) is 7.22. The third kappa shape index (κ3) is 4.58. The standard InChI is InChI=1S/C18H16N2O4/c1-12-2-7-16(21)15(10-12)18(23)24-11-17(22)20-14-5-3-13(4-6-14)8-9-19/h2-7,10,21H,8,11H2,1H3,(H,20,22). The number of anilines is 1. The average molecular weight is 324 g/mol. The number of nitrogens with zero attached hydrogens (tertiary/aromatic N) is 1. The van der Waals surface area contributed by atoms with Crippen molar-refractivity contribution in [2.45, 2.75) is 13.3 Å². The van der Waals surface area contributed by atoms with Gasteiger partial charge in [0.15, 0.2) is 6.61 Å². The molecule has 2 rings (SSSR count). The molecule has 0 aliphatic rings. The quantitative estimate of drug-likeness (QED) is 0.823. The number of phenolic OH excluding ortho intramolecular Hbond substituents is 1. The molecular formula is C18H16N2O4. The second-order valence-corrected chi connectivity index (χ2v) is 5.18. The maximum atomic E-state index is 11.9. The first-order valence-corrected chi connectivity index (χ1v) is 7.22. The lowest BCUT2D eigenvalue weighted by Crippen LogP contribution is -2.21. The van der Waals surface area contributed by atoms with Crippen LogP contribution in [0, 0.1) is 18.3 Å². The zero-order valence-corrected chi connectivity index (χ0v) is 13.1. The highest BCUT2D eigenvalue weighted by Crippen LogP contribution is 2.19. The Morgan fingerprint density at radius 1 is 1.21 bits per heavy atom. The predicted molar refractivity (Wildman–Crippen MR) is 87.5 cm³/mol. The van der Waals surface area contributed by atoms with Crippen molar-refractivity contribution in [3.63, 3.8) is 0 Å². The number of nitriles is 1. The van der Waals surface area contributed by atoms with Crippen molar-refractivity contribution in [1.29, 1.82) is 5.26 Å². The molecule has 0 aliphatic heterocycles. The minimum atomic E-state index is -0.768. The summed E-state index contributed by atoms with van der Waals surface area (Å²) in [6.07, 6.45) is 0.297. The number of hydrogen-bond acceptors (Lipinski definition) is 5. The Kier molecular flexibility index (Phi) is 5.53. The van der Waals surface area contributed by atoms with Crippen LogP contribution in [0.4, 0.5) is 5.69 Å². The normalized spacial score (nSPS) is 9.83. The van der Waals surface area contributed by atoms with Crippen LogP contribution >= 0.6 is 0 Å². The topological polar surface area (TPSA) is 99.4 Å². The van der Waals surface area contributed by atoms with Crippen LogP contribution < -0.4 is 5.32 Å². The number of amides is 1. The molecule has 0 fully saturated rings. The number of hydrogen-bond donors (Lipinski definition) is 2. The molecule has 0 atom stereocenters. The van der Waals surface area contributed by atoms with E-state index in [0.717, 1.165) is 11.1 Å². The summed E-state index contributed by atoms with van der Waals surface area (Å²) in [5.41, 5.74) is 2.19. The van der Waals surface area contributed by atoms with E-state index < -0.39 is 18.5 Å². The minimum Gasteiger partial charge on any atom is -0.507 e. The lowest BCUT2D eigenvalue weighted by molar-refractivity contribution is -0.119. The summed E-state index contributed by atoms with van der Waals surface area (Å²) in [7, 11) is 0. The van der Waals surface area contributed by atoms with Crippen LogP contribution in [-0.4, -0.2) is 23.6 Å². The molecular weight excluding hydrogens is 308 g/mol. The largest absolute Gasteiger partial charge is 0.507 e. The summed E-state index contributed by atoms with van der Waals surface area (Å²) in [6.45, 7) is 1.31. The van der Waals surface area contributed by atoms with Crippen LogP contribution in [0.1, 0.15) is 21.5 Å². The van der Waals surface area contributed by atoms with E-state index in [2.05, 4.69) is 5.32 Å². The second kappa shape index (κ2) is 7.79. The lowest BCUT2D eigenvalue weighted by Gasteiger charge is -2.08.